The van der Waals surface area contributed by atoms with Crippen LogP contribution in [0.4, 0.5) is 5.69 Å². The van der Waals surface area contributed by atoms with Crippen molar-refractivity contribution in [2.75, 3.05) is 12.3 Å². The number of rotatable bonds is 2. The average Bonchev–Trinajstić information content (AvgIpc) is 3.06. The number of carbonyl (C=O) groups is 1. The van der Waals surface area contributed by atoms with Crippen LogP contribution in [0, 0.1) is 20.8 Å². The summed E-state index contributed by atoms with van der Waals surface area (Å²) in [5.41, 5.74) is 11.5. The highest BCUT2D eigenvalue weighted by Crippen LogP contribution is 2.36. The first kappa shape index (κ1) is 15.6. The maximum atomic E-state index is 13.1. The first-order chi connectivity index (χ1) is 10.9. The Morgan fingerprint density at radius 1 is 1.30 bits per heavy atom. The van der Waals surface area contributed by atoms with Gasteiger partial charge in [0.25, 0.3) is 5.91 Å². The Balaban J connectivity index is 1.98. The summed E-state index contributed by atoms with van der Waals surface area (Å²) in [6, 6.07) is 5.64. The maximum absolute atomic E-state index is 13.1. The van der Waals surface area contributed by atoms with Crippen molar-refractivity contribution in [3.05, 3.63) is 46.3 Å². The second-order valence-electron chi connectivity index (χ2n) is 6.44. The summed E-state index contributed by atoms with van der Waals surface area (Å²) in [7, 11) is 1.95. The van der Waals surface area contributed by atoms with E-state index in [0.29, 0.717) is 11.3 Å². The molecule has 5 heteroatoms. The summed E-state index contributed by atoms with van der Waals surface area (Å²) in [6.07, 6.45) is 2.01. The predicted octanol–water partition coefficient (Wildman–Crippen LogP) is 2.90. The van der Waals surface area contributed by atoms with Crippen molar-refractivity contribution in [1.82, 2.24) is 14.7 Å². The summed E-state index contributed by atoms with van der Waals surface area (Å²) in [6.45, 7) is 6.83. The smallest absolute Gasteiger partial charge is 0.254 e. The third kappa shape index (κ3) is 2.60. The molecule has 23 heavy (non-hydrogen) atoms. The minimum Gasteiger partial charge on any atom is -0.399 e. The molecule has 1 saturated heterocycles. The molecule has 122 valence electrons. The first-order valence-corrected chi connectivity index (χ1v) is 8.07. The fourth-order valence-electron chi connectivity index (χ4n) is 3.61. The molecule has 1 atom stereocenters. The van der Waals surface area contributed by atoms with E-state index in [9.17, 15) is 4.79 Å². The molecule has 2 N–H and O–H groups in total. The molecule has 2 aromatic rings. The topological polar surface area (TPSA) is 64.2 Å². The molecule has 1 aliphatic rings. The van der Waals surface area contributed by atoms with Crippen LogP contribution in [0.3, 0.4) is 0 Å². The Morgan fingerprint density at radius 3 is 2.70 bits per heavy atom. The number of carbonyl (C=O) groups excluding carboxylic acids is 1. The zero-order valence-corrected chi connectivity index (χ0v) is 14.3. The van der Waals surface area contributed by atoms with Crippen LogP contribution in [0.15, 0.2) is 18.2 Å². The van der Waals surface area contributed by atoms with E-state index in [1.54, 1.807) is 6.07 Å². The zero-order chi connectivity index (χ0) is 16.7. The first-order valence-electron chi connectivity index (χ1n) is 8.07. The van der Waals surface area contributed by atoms with Gasteiger partial charge in [0.05, 0.1) is 11.7 Å². The molecular weight excluding hydrogens is 288 g/mol. The lowest BCUT2D eigenvalue weighted by atomic mass is 10.0. The van der Waals surface area contributed by atoms with Gasteiger partial charge in [-0.05, 0) is 51.3 Å². The fraction of sp³-hybridized carbons (Fsp3) is 0.444. The number of likely N-dealkylation sites (tertiary alicyclic amines) is 1. The van der Waals surface area contributed by atoms with Crippen molar-refractivity contribution in [3.63, 3.8) is 0 Å². The van der Waals surface area contributed by atoms with Gasteiger partial charge in [0.1, 0.15) is 0 Å². The van der Waals surface area contributed by atoms with Crippen LogP contribution in [0.25, 0.3) is 0 Å². The largest absolute Gasteiger partial charge is 0.399 e. The van der Waals surface area contributed by atoms with E-state index in [1.165, 1.54) is 5.56 Å². The van der Waals surface area contributed by atoms with Crippen molar-refractivity contribution < 1.29 is 4.79 Å². The van der Waals surface area contributed by atoms with Gasteiger partial charge in [0.2, 0.25) is 0 Å². The molecule has 0 aliphatic carbocycles. The molecule has 2 heterocycles. The summed E-state index contributed by atoms with van der Waals surface area (Å²) in [5, 5.41) is 4.51. The van der Waals surface area contributed by atoms with E-state index in [4.69, 9.17) is 5.73 Å². The summed E-state index contributed by atoms with van der Waals surface area (Å²) >= 11 is 0. The third-order valence-corrected chi connectivity index (χ3v) is 4.90. The second kappa shape index (κ2) is 5.72. The SMILES string of the molecule is Cc1ccc(N)cc1C(=O)N1CCCC1c1c(C)nn(C)c1C. The van der Waals surface area contributed by atoms with Gasteiger partial charge >= 0.3 is 0 Å². The quantitative estimate of drug-likeness (QED) is 0.867. The lowest BCUT2D eigenvalue weighted by Gasteiger charge is -2.26. The molecule has 1 aliphatic heterocycles. The van der Waals surface area contributed by atoms with Crippen molar-refractivity contribution >= 4 is 11.6 Å². The number of nitrogens with two attached hydrogens (primary N) is 1. The molecule has 5 nitrogen and oxygen atoms in total. The number of aromatic nitrogens is 2. The van der Waals surface area contributed by atoms with Gasteiger partial charge in [-0.1, -0.05) is 6.07 Å². The third-order valence-electron chi connectivity index (χ3n) is 4.90. The van der Waals surface area contributed by atoms with Gasteiger partial charge in [-0.3, -0.25) is 9.48 Å². The lowest BCUT2D eigenvalue weighted by Crippen LogP contribution is -2.31. The fourth-order valence-corrected chi connectivity index (χ4v) is 3.61. The maximum Gasteiger partial charge on any atom is 0.254 e. The molecule has 1 unspecified atom stereocenters. The number of anilines is 1. The Hall–Kier alpha value is -2.30. The van der Waals surface area contributed by atoms with Gasteiger partial charge in [-0.25, -0.2) is 0 Å². The Kier molecular flexibility index (Phi) is 3.88. The predicted molar refractivity (Wildman–Crippen MR) is 91.3 cm³/mol. The Labute approximate surface area is 137 Å². The normalized spacial score (nSPS) is 17.7. The van der Waals surface area contributed by atoms with Crippen LogP contribution >= 0.6 is 0 Å². The molecule has 0 radical (unpaired) electrons. The number of amides is 1. The summed E-state index contributed by atoms with van der Waals surface area (Å²) in [5.74, 6) is 0.0694. The van der Waals surface area contributed by atoms with Crippen LogP contribution in [0.1, 0.15) is 51.8 Å². The van der Waals surface area contributed by atoms with Gasteiger partial charge in [-0.2, -0.15) is 5.10 Å². The highest BCUT2D eigenvalue weighted by molar-refractivity contribution is 5.97. The van der Waals surface area contributed by atoms with Crippen molar-refractivity contribution in [3.8, 4) is 0 Å². The van der Waals surface area contributed by atoms with E-state index >= 15 is 0 Å². The molecular formula is C18H24N4O. The number of nitrogen functional groups attached to an aromatic ring is 1. The highest BCUT2D eigenvalue weighted by Gasteiger charge is 2.34. The van der Waals surface area contributed by atoms with Crippen LogP contribution in [-0.2, 0) is 7.05 Å². The summed E-state index contributed by atoms with van der Waals surface area (Å²) < 4.78 is 1.90. The van der Waals surface area contributed by atoms with Crippen molar-refractivity contribution in [2.24, 2.45) is 7.05 Å². The Bertz CT molecular complexity index is 763. The minimum atomic E-state index is 0.0694. The van der Waals surface area contributed by atoms with Crippen molar-refractivity contribution in [1.29, 1.82) is 0 Å². The number of hydrogen-bond donors (Lipinski definition) is 1. The monoisotopic (exact) mass is 312 g/mol. The highest BCUT2D eigenvalue weighted by atomic mass is 16.2. The molecule has 0 bridgehead atoms. The van der Waals surface area contributed by atoms with Gasteiger partial charge in [0.15, 0.2) is 0 Å². The zero-order valence-electron chi connectivity index (χ0n) is 14.3. The molecule has 3 rings (SSSR count). The van der Waals surface area contributed by atoms with E-state index in [1.807, 2.05) is 42.6 Å². The molecule has 1 aromatic heterocycles. The van der Waals surface area contributed by atoms with Crippen LogP contribution < -0.4 is 5.73 Å². The number of hydrogen-bond acceptors (Lipinski definition) is 3. The van der Waals surface area contributed by atoms with E-state index in [2.05, 4.69) is 12.0 Å². The standard InChI is InChI=1S/C18H24N4O/c1-11-7-8-14(19)10-15(11)18(23)22-9-5-6-16(22)17-12(2)20-21(4)13(17)3/h7-8,10,16H,5-6,9,19H2,1-4H3. The number of aryl methyl sites for hydroxylation is 3. The summed E-state index contributed by atoms with van der Waals surface area (Å²) in [4.78, 5) is 15.1. The molecule has 1 amide bonds. The molecule has 1 fully saturated rings. The van der Waals surface area contributed by atoms with E-state index in [-0.39, 0.29) is 11.9 Å². The van der Waals surface area contributed by atoms with Crippen LogP contribution in [0.5, 0.6) is 0 Å². The van der Waals surface area contributed by atoms with E-state index < -0.39 is 0 Å². The minimum absolute atomic E-state index is 0.0694. The number of benzene rings is 1. The van der Waals surface area contributed by atoms with Crippen LogP contribution in [-0.4, -0.2) is 27.1 Å². The molecule has 1 aromatic carbocycles. The molecule has 0 saturated carbocycles. The number of nitrogens with zero attached hydrogens (tertiary/aromatic N) is 3. The van der Waals surface area contributed by atoms with Crippen LogP contribution in [0.2, 0.25) is 0 Å². The van der Waals surface area contributed by atoms with Gasteiger partial charge in [-0.15, -0.1) is 0 Å². The van der Waals surface area contributed by atoms with Crippen molar-refractivity contribution in [2.45, 2.75) is 39.7 Å². The van der Waals surface area contributed by atoms with E-state index in [0.717, 1.165) is 36.3 Å². The van der Waals surface area contributed by atoms with Gasteiger partial charge in [0, 0.05) is 36.1 Å². The van der Waals surface area contributed by atoms with Gasteiger partial charge < -0.3 is 10.6 Å². The second-order valence-corrected chi connectivity index (χ2v) is 6.44. The molecule has 0 spiro atoms. The lowest BCUT2D eigenvalue weighted by molar-refractivity contribution is 0.0734. The average molecular weight is 312 g/mol. The Morgan fingerprint density at radius 2 is 2.04 bits per heavy atom.